The molecular weight excluding hydrogens is 479 g/mol. The zero-order valence-corrected chi connectivity index (χ0v) is 19.6. The van der Waals surface area contributed by atoms with Crippen LogP contribution in [0.5, 0.6) is 5.75 Å². The van der Waals surface area contributed by atoms with Crippen LogP contribution in [0.15, 0.2) is 47.4 Å². The van der Waals surface area contributed by atoms with E-state index in [1.54, 1.807) is 24.0 Å². The topological polar surface area (TPSA) is 79.3 Å². The molecule has 0 saturated carbocycles. The normalized spacial score (nSPS) is 17.8. The lowest BCUT2D eigenvalue weighted by molar-refractivity contribution is -0.203. The van der Waals surface area contributed by atoms with Crippen LogP contribution in [0.4, 0.5) is 24.5 Å². The van der Waals surface area contributed by atoms with Gasteiger partial charge >= 0.3 is 12.1 Å². The summed E-state index contributed by atoms with van der Waals surface area (Å²) in [6, 6.07) is 10.6. The summed E-state index contributed by atoms with van der Waals surface area (Å²) in [4.78, 5) is 33.7. The van der Waals surface area contributed by atoms with E-state index in [1.165, 1.54) is 16.8 Å². The third kappa shape index (κ3) is 5.42. The quantitative estimate of drug-likeness (QED) is 0.571. The number of pyridine rings is 1. The Labute approximate surface area is 205 Å². The van der Waals surface area contributed by atoms with Crippen molar-refractivity contribution in [2.75, 3.05) is 49.3 Å². The molecule has 0 spiro atoms. The highest BCUT2D eigenvalue weighted by molar-refractivity contribution is 5.81. The second kappa shape index (κ2) is 10.9. The highest BCUT2D eigenvalue weighted by Gasteiger charge is 2.49. The Balaban J connectivity index is 1.68. The molecule has 12 heteroatoms. The smallest absolute Gasteiger partial charge is 0.492 e. The molecule has 1 aromatic carbocycles. The predicted molar refractivity (Wildman–Crippen MR) is 126 cm³/mol. The molecule has 1 atom stereocenters. The third-order valence-corrected chi connectivity index (χ3v) is 5.79. The first-order chi connectivity index (χ1) is 17.3. The van der Waals surface area contributed by atoms with Gasteiger partial charge < -0.3 is 24.4 Å². The van der Waals surface area contributed by atoms with Crippen LogP contribution in [0.2, 0.25) is 0 Å². The van der Waals surface area contributed by atoms with Crippen molar-refractivity contribution >= 4 is 17.3 Å². The number of hydrogen-bond donors (Lipinski definition) is 1. The molecule has 1 N–H and O–H groups in total. The van der Waals surface area contributed by atoms with Crippen LogP contribution < -0.4 is 25.6 Å². The minimum Gasteiger partial charge on any atom is -0.492 e. The highest BCUT2D eigenvalue weighted by atomic mass is 19.4. The van der Waals surface area contributed by atoms with Gasteiger partial charge in [0.2, 0.25) is 0 Å². The number of carbonyl (C=O) groups is 1. The summed E-state index contributed by atoms with van der Waals surface area (Å²) >= 11 is 0. The summed E-state index contributed by atoms with van der Waals surface area (Å²) in [5.74, 6) is 3.93. The minimum absolute atomic E-state index is 0.0535. The molecule has 2 aliphatic heterocycles. The van der Waals surface area contributed by atoms with Crippen LogP contribution in [0.3, 0.4) is 0 Å². The Morgan fingerprint density at radius 3 is 2.56 bits per heavy atom. The maximum atomic E-state index is 13.5. The molecule has 0 bridgehead atoms. The fourth-order valence-electron chi connectivity index (χ4n) is 4.14. The van der Waals surface area contributed by atoms with E-state index in [2.05, 4.69) is 17.2 Å². The van der Waals surface area contributed by atoms with Gasteiger partial charge in [-0.25, -0.2) is 4.79 Å². The molecule has 1 fully saturated rings. The standard InChI is InChI=1S/C24H26F3N5O4/c1-2-3-12-31-20-19(9-13-29(21(20)33)16-17-35-18-7-5-4-6-8-18)32(36-22(34)24(25,26)27)23(31)30-14-10-28-11-15-30/h4-9,13,23,28H,10-12,14-17H2,1H3. The number of rotatable bonds is 7. The molecule has 1 unspecified atom stereocenters. The Morgan fingerprint density at radius 2 is 1.89 bits per heavy atom. The number of piperazine rings is 1. The lowest BCUT2D eigenvalue weighted by Crippen LogP contribution is -2.61. The zero-order chi connectivity index (χ0) is 25.7. The summed E-state index contributed by atoms with van der Waals surface area (Å²) in [5.41, 5.74) is -0.273. The second-order valence-corrected chi connectivity index (χ2v) is 8.10. The van der Waals surface area contributed by atoms with Gasteiger partial charge in [-0.1, -0.05) is 24.1 Å². The van der Waals surface area contributed by atoms with Gasteiger partial charge in [-0.3, -0.25) is 9.69 Å². The number of aromatic nitrogens is 1. The Hall–Kier alpha value is -3.69. The first kappa shape index (κ1) is 25.4. The number of anilines is 2. The maximum Gasteiger partial charge on any atom is 0.493 e. The van der Waals surface area contributed by atoms with Gasteiger partial charge in [0.25, 0.3) is 5.56 Å². The first-order valence-corrected chi connectivity index (χ1v) is 11.4. The lowest BCUT2D eigenvalue weighted by atomic mass is 10.3. The van der Waals surface area contributed by atoms with Crippen LogP contribution in [-0.4, -0.2) is 67.2 Å². The van der Waals surface area contributed by atoms with Crippen molar-refractivity contribution in [1.82, 2.24) is 14.8 Å². The van der Waals surface area contributed by atoms with Crippen LogP contribution in [0, 0.1) is 11.8 Å². The fraction of sp³-hybridized carbons (Fsp3) is 0.417. The molecule has 0 aliphatic carbocycles. The third-order valence-electron chi connectivity index (χ3n) is 5.79. The van der Waals surface area contributed by atoms with Crippen molar-refractivity contribution < 1.29 is 27.5 Å². The van der Waals surface area contributed by atoms with Gasteiger partial charge in [0.1, 0.15) is 23.7 Å². The summed E-state index contributed by atoms with van der Waals surface area (Å²) in [5, 5.41) is 4.06. The molecule has 0 amide bonds. The van der Waals surface area contributed by atoms with Crippen molar-refractivity contribution in [3.63, 3.8) is 0 Å². The Morgan fingerprint density at radius 1 is 1.17 bits per heavy atom. The molecule has 2 aromatic rings. The summed E-state index contributed by atoms with van der Waals surface area (Å²) < 4.78 is 46.5. The second-order valence-electron chi connectivity index (χ2n) is 8.10. The van der Waals surface area contributed by atoms with Crippen molar-refractivity contribution in [2.24, 2.45) is 0 Å². The zero-order valence-electron chi connectivity index (χ0n) is 19.6. The number of nitrogens with one attached hydrogen (secondary N) is 1. The van der Waals surface area contributed by atoms with E-state index in [1.807, 2.05) is 23.1 Å². The van der Waals surface area contributed by atoms with E-state index in [0.717, 1.165) is 5.06 Å². The number of alkyl halides is 3. The number of fused-ring (bicyclic) bond motifs is 1. The van der Waals surface area contributed by atoms with E-state index < -0.39 is 24.0 Å². The molecule has 1 saturated heterocycles. The number of carbonyl (C=O) groups excluding carboxylic acids is 1. The summed E-state index contributed by atoms with van der Waals surface area (Å²) in [6.07, 6.45) is -4.71. The average molecular weight is 505 g/mol. The lowest BCUT2D eigenvalue weighted by Gasteiger charge is -2.40. The van der Waals surface area contributed by atoms with Crippen LogP contribution in [-0.2, 0) is 16.2 Å². The van der Waals surface area contributed by atoms with Crippen molar-refractivity contribution in [2.45, 2.75) is 25.9 Å². The average Bonchev–Trinajstić information content (AvgIpc) is 3.18. The van der Waals surface area contributed by atoms with Crippen LogP contribution >= 0.6 is 0 Å². The number of hydroxylamine groups is 1. The largest absolute Gasteiger partial charge is 0.493 e. The maximum absolute atomic E-state index is 13.5. The van der Waals surface area contributed by atoms with Gasteiger partial charge in [-0.05, 0) is 25.1 Å². The summed E-state index contributed by atoms with van der Waals surface area (Å²) in [7, 11) is 0. The van der Waals surface area contributed by atoms with Crippen LogP contribution in [0.1, 0.15) is 6.92 Å². The number of ether oxygens (including phenoxy) is 1. The van der Waals surface area contributed by atoms with Crippen molar-refractivity contribution in [1.29, 1.82) is 0 Å². The number of nitrogens with zero attached hydrogens (tertiary/aromatic N) is 4. The minimum atomic E-state index is -5.20. The molecule has 0 radical (unpaired) electrons. The first-order valence-electron chi connectivity index (χ1n) is 11.4. The van der Waals surface area contributed by atoms with Gasteiger partial charge in [0.15, 0.2) is 6.29 Å². The van der Waals surface area contributed by atoms with Gasteiger partial charge in [-0.2, -0.15) is 18.2 Å². The van der Waals surface area contributed by atoms with Gasteiger partial charge in [0.05, 0.1) is 13.1 Å². The van der Waals surface area contributed by atoms with Crippen LogP contribution in [0.25, 0.3) is 0 Å². The molecule has 2 aliphatic rings. The summed E-state index contributed by atoms with van der Waals surface area (Å²) in [6.45, 7) is 4.19. The number of halogens is 3. The van der Waals surface area contributed by atoms with E-state index in [9.17, 15) is 22.8 Å². The molecule has 192 valence electrons. The van der Waals surface area contributed by atoms with E-state index in [-0.39, 0.29) is 31.1 Å². The highest BCUT2D eigenvalue weighted by Crippen LogP contribution is 2.39. The molecule has 9 nitrogen and oxygen atoms in total. The van der Waals surface area contributed by atoms with E-state index in [0.29, 0.717) is 31.9 Å². The monoisotopic (exact) mass is 505 g/mol. The molecule has 1 aromatic heterocycles. The number of benzene rings is 1. The van der Waals surface area contributed by atoms with Gasteiger partial charge in [0, 0.05) is 32.4 Å². The fourth-order valence-corrected chi connectivity index (χ4v) is 4.14. The molecule has 36 heavy (non-hydrogen) atoms. The Bertz CT molecular complexity index is 1190. The van der Waals surface area contributed by atoms with Crippen molar-refractivity contribution in [3.8, 4) is 17.6 Å². The predicted octanol–water partition coefficient (Wildman–Crippen LogP) is 1.79. The van der Waals surface area contributed by atoms with E-state index >= 15 is 0 Å². The van der Waals surface area contributed by atoms with Crippen molar-refractivity contribution in [3.05, 3.63) is 52.9 Å². The van der Waals surface area contributed by atoms with Gasteiger partial charge in [-0.15, -0.1) is 5.92 Å². The number of hydrogen-bond acceptors (Lipinski definition) is 8. The Kier molecular flexibility index (Phi) is 7.71. The molecule has 3 heterocycles. The molecular formula is C24H26F3N5O4. The molecule has 4 rings (SSSR count). The number of para-hydroxylation sites is 1. The SMILES string of the molecule is CC#CCN1c2c(ccn(CCOc3ccccc3)c2=O)N(OC(=O)C(F)(F)F)C1N1CCNCC1. The van der Waals surface area contributed by atoms with E-state index in [4.69, 9.17) is 9.57 Å².